The first-order valence-corrected chi connectivity index (χ1v) is 5.87. The highest BCUT2D eigenvalue weighted by atomic mass is 35.5. The maximum atomic E-state index is 12.2. The van der Waals surface area contributed by atoms with E-state index in [1.165, 1.54) is 13.3 Å². The van der Waals surface area contributed by atoms with Crippen molar-refractivity contribution in [2.45, 2.75) is 0 Å². The zero-order valence-electron chi connectivity index (χ0n) is 9.48. The number of carbonyl (C=O) groups excluding carboxylic acids is 1. The summed E-state index contributed by atoms with van der Waals surface area (Å²) in [6, 6.07) is 8.05. The first kappa shape index (κ1) is 12.9. The van der Waals surface area contributed by atoms with Crippen LogP contribution in [0, 0.1) is 0 Å². The van der Waals surface area contributed by atoms with E-state index in [-0.39, 0.29) is 5.78 Å². The van der Waals surface area contributed by atoms with Crippen molar-refractivity contribution >= 4 is 29.0 Å². The van der Waals surface area contributed by atoms with Gasteiger partial charge in [0, 0.05) is 17.3 Å². The number of carbonyl (C=O) groups is 1. The molecule has 92 valence electrons. The molecule has 0 N–H and O–H groups in total. The quantitative estimate of drug-likeness (QED) is 0.637. The van der Waals surface area contributed by atoms with Gasteiger partial charge in [-0.15, -0.1) is 0 Å². The van der Waals surface area contributed by atoms with Crippen molar-refractivity contribution in [1.82, 2.24) is 4.98 Å². The Morgan fingerprint density at radius 1 is 1.17 bits per heavy atom. The van der Waals surface area contributed by atoms with Crippen molar-refractivity contribution in [3.05, 3.63) is 57.8 Å². The van der Waals surface area contributed by atoms with E-state index in [4.69, 9.17) is 27.9 Å². The van der Waals surface area contributed by atoms with E-state index < -0.39 is 0 Å². The summed E-state index contributed by atoms with van der Waals surface area (Å²) in [7, 11) is 1.50. The monoisotopic (exact) mass is 281 g/mol. The molecule has 0 atom stereocenters. The van der Waals surface area contributed by atoms with E-state index in [9.17, 15) is 4.79 Å². The fourth-order valence-electron chi connectivity index (χ4n) is 1.48. The fourth-order valence-corrected chi connectivity index (χ4v) is 1.78. The Balaban J connectivity index is 2.37. The Kier molecular flexibility index (Phi) is 3.84. The maximum Gasteiger partial charge on any atom is 0.194 e. The molecule has 0 aliphatic heterocycles. The summed E-state index contributed by atoms with van der Waals surface area (Å²) >= 11 is 11.6. The summed E-state index contributed by atoms with van der Waals surface area (Å²) < 4.78 is 5.07. The lowest BCUT2D eigenvalue weighted by atomic mass is 10.1. The first-order chi connectivity index (χ1) is 8.61. The molecular weight excluding hydrogens is 273 g/mol. The number of benzene rings is 1. The van der Waals surface area contributed by atoms with Gasteiger partial charge in [-0.2, -0.15) is 0 Å². The summed E-state index contributed by atoms with van der Waals surface area (Å²) in [6.45, 7) is 0. The fraction of sp³-hybridized carbons (Fsp3) is 0.0769. The van der Waals surface area contributed by atoms with Crippen molar-refractivity contribution in [2.24, 2.45) is 0 Å². The van der Waals surface area contributed by atoms with Crippen molar-refractivity contribution in [2.75, 3.05) is 7.11 Å². The number of aromatic nitrogens is 1. The Bertz CT molecular complexity index is 582. The molecule has 0 spiro atoms. The van der Waals surface area contributed by atoms with Gasteiger partial charge in [0.15, 0.2) is 5.78 Å². The molecule has 1 aromatic heterocycles. The minimum Gasteiger partial charge on any atom is -0.495 e. The summed E-state index contributed by atoms with van der Waals surface area (Å²) in [6.07, 6.45) is 1.44. The number of hydrogen-bond donors (Lipinski definition) is 0. The normalized spacial score (nSPS) is 10.2. The average molecular weight is 282 g/mol. The van der Waals surface area contributed by atoms with Crippen LogP contribution in [0.4, 0.5) is 0 Å². The lowest BCUT2D eigenvalue weighted by Gasteiger charge is -2.06. The van der Waals surface area contributed by atoms with Gasteiger partial charge in [-0.25, -0.2) is 4.98 Å². The molecular formula is C13H9Cl2NO2. The third-order valence-electron chi connectivity index (χ3n) is 2.40. The summed E-state index contributed by atoms with van der Waals surface area (Å²) in [4.78, 5) is 16.0. The predicted molar refractivity (Wildman–Crippen MR) is 70.7 cm³/mol. The SMILES string of the molecule is COc1cc(C(=O)c2ccc(Cl)nc2)ccc1Cl. The molecule has 0 saturated heterocycles. The highest BCUT2D eigenvalue weighted by molar-refractivity contribution is 6.32. The van der Waals surface area contributed by atoms with Crippen LogP contribution in [-0.2, 0) is 0 Å². The van der Waals surface area contributed by atoms with Gasteiger partial charge in [-0.1, -0.05) is 23.2 Å². The van der Waals surface area contributed by atoms with Gasteiger partial charge < -0.3 is 4.74 Å². The molecule has 18 heavy (non-hydrogen) atoms. The van der Waals surface area contributed by atoms with Crippen LogP contribution in [-0.4, -0.2) is 17.9 Å². The lowest BCUT2D eigenvalue weighted by molar-refractivity contribution is 0.103. The van der Waals surface area contributed by atoms with Crippen molar-refractivity contribution in [1.29, 1.82) is 0 Å². The Morgan fingerprint density at radius 2 is 1.89 bits per heavy atom. The molecule has 0 amide bonds. The highest BCUT2D eigenvalue weighted by Crippen LogP contribution is 2.26. The molecule has 0 fully saturated rings. The maximum absolute atomic E-state index is 12.2. The number of hydrogen-bond acceptors (Lipinski definition) is 3. The molecule has 2 rings (SSSR count). The molecule has 5 heteroatoms. The largest absolute Gasteiger partial charge is 0.495 e. The van der Waals surface area contributed by atoms with E-state index in [0.29, 0.717) is 27.1 Å². The van der Waals surface area contributed by atoms with E-state index in [2.05, 4.69) is 4.98 Å². The molecule has 0 radical (unpaired) electrons. The van der Waals surface area contributed by atoms with Crippen LogP contribution in [0.15, 0.2) is 36.5 Å². The lowest BCUT2D eigenvalue weighted by Crippen LogP contribution is -2.02. The Morgan fingerprint density at radius 3 is 2.50 bits per heavy atom. The molecule has 0 saturated carbocycles. The van der Waals surface area contributed by atoms with E-state index in [1.807, 2.05) is 0 Å². The van der Waals surface area contributed by atoms with Gasteiger partial charge in [0.2, 0.25) is 0 Å². The Labute approximate surface area is 114 Å². The van der Waals surface area contributed by atoms with E-state index in [1.54, 1.807) is 30.3 Å². The van der Waals surface area contributed by atoms with Crippen molar-refractivity contribution in [3.8, 4) is 5.75 Å². The zero-order valence-corrected chi connectivity index (χ0v) is 11.0. The molecule has 1 heterocycles. The minimum absolute atomic E-state index is 0.158. The molecule has 0 aliphatic carbocycles. The number of rotatable bonds is 3. The number of halogens is 2. The molecule has 1 aromatic carbocycles. The average Bonchev–Trinajstić information content (AvgIpc) is 2.39. The third-order valence-corrected chi connectivity index (χ3v) is 2.94. The summed E-state index contributed by atoms with van der Waals surface area (Å²) in [5.74, 6) is 0.304. The van der Waals surface area contributed by atoms with E-state index in [0.717, 1.165) is 0 Å². The van der Waals surface area contributed by atoms with Crippen LogP contribution in [0.3, 0.4) is 0 Å². The zero-order chi connectivity index (χ0) is 13.1. The number of ether oxygens (including phenoxy) is 1. The summed E-state index contributed by atoms with van der Waals surface area (Å²) in [5, 5.41) is 0.809. The van der Waals surface area contributed by atoms with Gasteiger partial charge in [-0.3, -0.25) is 4.79 Å². The second kappa shape index (κ2) is 5.38. The molecule has 0 unspecified atom stereocenters. The predicted octanol–water partition coefficient (Wildman–Crippen LogP) is 3.63. The van der Waals surface area contributed by atoms with Crippen LogP contribution in [0.1, 0.15) is 15.9 Å². The topological polar surface area (TPSA) is 39.2 Å². The van der Waals surface area contributed by atoms with Gasteiger partial charge in [0.25, 0.3) is 0 Å². The van der Waals surface area contributed by atoms with Crippen LogP contribution < -0.4 is 4.74 Å². The number of methoxy groups -OCH3 is 1. The Hall–Kier alpha value is -1.58. The molecule has 0 aliphatic rings. The van der Waals surface area contributed by atoms with Crippen molar-refractivity contribution in [3.63, 3.8) is 0 Å². The van der Waals surface area contributed by atoms with Crippen LogP contribution in [0.25, 0.3) is 0 Å². The number of nitrogens with zero attached hydrogens (tertiary/aromatic N) is 1. The van der Waals surface area contributed by atoms with Crippen LogP contribution in [0.2, 0.25) is 10.2 Å². The van der Waals surface area contributed by atoms with Crippen LogP contribution in [0.5, 0.6) is 5.75 Å². The van der Waals surface area contributed by atoms with E-state index >= 15 is 0 Å². The smallest absolute Gasteiger partial charge is 0.194 e. The molecule has 2 aromatic rings. The highest BCUT2D eigenvalue weighted by Gasteiger charge is 2.12. The second-order valence-electron chi connectivity index (χ2n) is 3.55. The first-order valence-electron chi connectivity index (χ1n) is 5.11. The minimum atomic E-state index is -0.158. The number of pyridine rings is 1. The molecule has 3 nitrogen and oxygen atoms in total. The van der Waals surface area contributed by atoms with Gasteiger partial charge >= 0.3 is 0 Å². The number of ketones is 1. The summed E-state index contributed by atoms with van der Waals surface area (Å²) in [5.41, 5.74) is 0.948. The third kappa shape index (κ3) is 2.63. The van der Waals surface area contributed by atoms with Gasteiger partial charge in [0.1, 0.15) is 10.9 Å². The second-order valence-corrected chi connectivity index (χ2v) is 4.34. The van der Waals surface area contributed by atoms with Gasteiger partial charge in [-0.05, 0) is 30.3 Å². The van der Waals surface area contributed by atoms with Gasteiger partial charge in [0.05, 0.1) is 12.1 Å². The molecule has 0 bridgehead atoms. The van der Waals surface area contributed by atoms with Crippen molar-refractivity contribution < 1.29 is 9.53 Å². The van der Waals surface area contributed by atoms with Crippen LogP contribution >= 0.6 is 23.2 Å². The standard InChI is InChI=1S/C13H9Cl2NO2/c1-18-11-6-8(2-4-10(11)14)13(17)9-3-5-12(15)16-7-9/h2-7H,1H3.